The summed E-state index contributed by atoms with van der Waals surface area (Å²) in [5.74, 6) is -6.21. The van der Waals surface area contributed by atoms with Crippen LogP contribution in [0.25, 0.3) is 0 Å². The number of carbonyl (C=O) groups is 4. The van der Waals surface area contributed by atoms with Gasteiger partial charge in [0.05, 0.1) is 31.2 Å². The highest BCUT2D eigenvalue weighted by atomic mass is 35.5. The summed E-state index contributed by atoms with van der Waals surface area (Å²) in [6.07, 6.45) is 1.86. The first kappa shape index (κ1) is 29.5. The first-order chi connectivity index (χ1) is 21.5. The molecule has 6 atom stereocenters. The molecule has 45 heavy (non-hydrogen) atoms. The van der Waals surface area contributed by atoms with Crippen molar-refractivity contribution in [3.8, 4) is 11.5 Å². The molecule has 0 aromatic heterocycles. The largest absolute Gasteiger partial charge is 0.504 e. The number of amides is 4. The standard InChI is InChI=1S/C34H27Cl2FN2O6/c1-45-26-14-7-19(15-25(26)40)28-22-12-13-23-27(30(42)38(29(23)41)17-18-5-3-2-4-6-18)24(22)16-33(35)31(43)39(32(44)34(28,33)36)21-10-8-20(37)9-11-21/h2-12,14-15,23-24,27-28,40H,13,16-17H2,1H3/t23-,24+,27-,28-,33+,34-/m0/s1. The smallest absolute Gasteiger partial charge is 0.258 e. The molecule has 2 aliphatic carbocycles. The van der Waals surface area contributed by atoms with Crippen LogP contribution in [0.5, 0.6) is 11.5 Å². The second-order valence-corrected chi connectivity index (χ2v) is 13.2. The summed E-state index contributed by atoms with van der Waals surface area (Å²) in [6.45, 7) is 0.102. The second kappa shape index (κ2) is 10.4. The number of nitrogens with zero attached hydrogens (tertiary/aromatic N) is 2. The predicted octanol–water partition coefficient (Wildman–Crippen LogP) is 5.30. The zero-order chi connectivity index (χ0) is 31.8. The summed E-state index contributed by atoms with van der Waals surface area (Å²) in [7, 11) is 1.39. The number of alkyl halides is 2. The van der Waals surface area contributed by atoms with Gasteiger partial charge in [0.2, 0.25) is 11.8 Å². The molecule has 2 saturated heterocycles. The monoisotopic (exact) mass is 648 g/mol. The number of phenolic OH excluding ortho intramolecular Hbond substituents is 1. The van der Waals surface area contributed by atoms with Gasteiger partial charge in [-0.2, -0.15) is 0 Å². The lowest BCUT2D eigenvalue weighted by Crippen LogP contribution is -2.60. The maximum absolute atomic E-state index is 14.4. The van der Waals surface area contributed by atoms with Crippen LogP contribution in [0.1, 0.15) is 29.9 Å². The van der Waals surface area contributed by atoms with E-state index < -0.39 is 51.1 Å². The number of hydrogen-bond acceptors (Lipinski definition) is 6. The van der Waals surface area contributed by atoms with Gasteiger partial charge in [0.15, 0.2) is 21.2 Å². The van der Waals surface area contributed by atoms with E-state index in [1.54, 1.807) is 6.07 Å². The van der Waals surface area contributed by atoms with Crippen LogP contribution in [0.4, 0.5) is 10.1 Å². The Kier molecular flexibility index (Phi) is 6.83. The molecule has 0 bridgehead atoms. The number of phenols is 1. The van der Waals surface area contributed by atoms with Gasteiger partial charge in [0.1, 0.15) is 5.82 Å². The molecule has 0 spiro atoms. The van der Waals surface area contributed by atoms with Crippen LogP contribution in [-0.2, 0) is 25.7 Å². The van der Waals surface area contributed by atoms with E-state index in [1.165, 1.54) is 36.3 Å². The van der Waals surface area contributed by atoms with Gasteiger partial charge in [-0.05, 0) is 66.3 Å². The summed E-state index contributed by atoms with van der Waals surface area (Å²) >= 11 is 14.7. The molecule has 4 amide bonds. The molecule has 7 rings (SSSR count). The summed E-state index contributed by atoms with van der Waals surface area (Å²) in [5.41, 5.74) is 1.86. The maximum Gasteiger partial charge on any atom is 0.258 e. The molecule has 0 radical (unpaired) electrons. The van der Waals surface area contributed by atoms with Gasteiger partial charge in [0.25, 0.3) is 11.8 Å². The third-order valence-corrected chi connectivity index (χ3v) is 11.1. The molecule has 3 aromatic carbocycles. The first-order valence-electron chi connectivity index (χ1n) is 14.5. The molecule has 3 aromatic rings. The van der Waals surface area contributed by atoms with Crippen LogP contribution in [0.2, 0.25) is 0 Å². The Morgan fingerprint density at radius 3 is 2.31 bits per heavy atom. The van der Waals surface area contributed by atoms with Gasteiger partial charge in [-0.15, -0.1) is 23.2 Å². The fraction of sp³-hybridized carbons (Fsp3) is 0.294. The SMILES string of the molecule is COc1ccc([C@H]2C3=CC[C@@H]4C(=O)N(Cc5ccccc5)C(=O)[C@@H]4[C@@H]3C[C@@]3(Cl)C(=O)N(c4ccc(F)cc4)C(=O)[C@@]23Cl)cc1O. The quantitative estimate of drug-likeness (QED) is 0.229. The number of halogens is 3. The fourth-order valence-corrected chi connectivity index (χ4v) is 8.58. The van der Waals surface area contributed by atoms with E-state index in [-0.39, 0.29) is 48.4 Å². The number of benzene rings is 3. The van der Waals surface area contributed by atoms with Gasteiger partial charge in [0, 0.05) is 5.92 Å². The van der Waals surface area contributed by atoms with Crippen LogP contribution >= 0.6 is 23.2 Å². The lowest BCUT2D eigenvalue weighted by atomic mass is 9.56. The summed E-state index contributed by atoms with van der Waals surface area (Å²) < 4.78 is 19.0. The normalized spacial score (nSPS) is 30.6. The molecule has 1 saturated carbocycles. The molecule has 8 nitrogen and oxygen atoms in total. The van der Waals surface area contributed by atoms with Crippen LogP contribution in [-0.4, -0.2) is 50.5 Å². The lowest BCUT2D eigenvalue weighted by Gasteiger charge is -2.50. The van der Waals surface area contributed by atoms with E-state index >= 15 is 0 Å². The maximum atomic E-state index is 14.4. The summed E-state index contributed by atoms with van der Waals surface area (Å²) in [4.78, 5) is 54.4. The van der Waals surface area contributed by atoms with Gasteiger partial charge in [-0.3, -0.25) is 24.1 Å². The number of imide groups is 2. The van der Waals surface area contributed by atoms with Crippen molar-refractivity contribution in [2.24, 2.45) is 17.8 Å². The molecule has 11 heteroatoms. The van der Waals surface area contributed by atoms with Crippen molar-refractivity contribution in [1.82, 2.24) is 4.90 Å². The molecule has 3 fully saturated rings. The average Bonchev–Trinajstić information content (AvgIpc) is 3.35. The third-order valence-electron chi connectivity index (χ3n) is 9.71. The number of methoxy groups -OCH3 is 1. The number of anilines is 1. The van der Waals surface area contributed by atoms with E-state index in [0.29, 0.717) is 11.1 Å². The Morgan fingerprint density at radius 1 is 0.933 bits per heavy atom. The van der Waals surface area contributed by atoms with E-state index in [2.05, 4.69) is 0 Å². The summed E-state index contributed by atoms with van der Waals surface area (Å²) in [5, 5.41) is 10.8. The Labute approximate surface area is 268 Å². The van der Waals surface area contributed by atoms with Gasteiger partial charge >= 0.3 is 0 Å². The second-order valence-electron chi connectivity index (χ2n) is 11.9. The first-order valence-corrected chi connectivity index (χ1v) is 15.2. The molecule has 2 heterocycles. The molecule has 1 N–H and O–H groups in total. The van der Waals surface area contributed by atoms with Crippen molar-refractivity contribution in [3.63, 3.8) is 0 Å². The third kappa shape index (κ3) is 4.10. The van der Waals surface area contributed by atoms with Crippen molar-refractivity contribution in [1.29, 1.82) is 0 Å². The van der Waals surface area contributed by atoms with Crippen molar-refractivity contribution in [3.05, 3.63) is 101 Å². The minimum absolute atomic E-state index is 0.0909. The zero-order valence-corrected chi connectivity index (χ0v) is 25.5. The van der Waals surface area contributed by atoms with Gasteiger partial charge < -0.3 is 9.84 Å². The van der Waals surface area contributed by atoms with E-state index in [9.17, 15) is 28.7 Å². The van der Waals surface area contributed by atoms with Crippen molar-refractivity contribution in [2.45, 2.75) is 35.1 Å². The average molecular weight is 650 g/mol. The number of hydrogen-bond donors (Lipinski definition) is 1. The lowest BCUT2D eigenvalue weighted by molar-refractivity contribution is -0.141. The van der Waals surface area contributed by atoms with Crippen molar-refractivity contribution in [2.75, 3.05) is 12.0 Å². The summed E-state index contributed by atoms with van der Waals surface area (Å²) in [6, 6.07) is 18.5. The molecule has 4 aliphatic rings. The zero-order valence-electron chi connectivity index (χ0n) is 24.0. The van der Waals surface area contributed by atoms with E-state index in [1.807, 2.05) is 36.4 Å². The number of allylic oxidation sites excluding steroid dienone is 2. The highest BCUT2D eigenvalue weighted by Crippen LogP contribution is 2.66. The number of ether oxygens (including phenoxy) is 1. The van der Waals surface area contributed by atoms with Crippen LogP contribution in [0.15, 0.2) is 84.4 Å². The molecule has 2 aliphatic heterocycles. The van der Waals surface area contributed by atoms with E-state index in [0.717, 1.165) is 22.6 Å². The van der Waals surface area contributed by atoms with Gasteiger partial charge in [-0.25, -0.2) is 9.29 Å². The number of carbonyl (C=O) groups excluding carboxylic acids is 4. The van der Waals surface area contributed by atoms with Crippen LogP contribution in [0, 0.1) is 23.6 Å². The van der Waals surface area contributed by atoms with Crippen molar-refractivity contribution >= 4 is 52.5 Å². The number of rotatable bonds is 5. The van der Waals surface area contributed by atoms with Crippen LogP contribution < -0.4 is 9.64 Å². The fourth-order valence-electron chi connectivity index (χ4n) is 7.65. The molecule has 230 valence electrons. The minimum atomic E-state index is -2.09. The van der Waals surface area contributed by atoms with E-state index in [4.69, 9.17) is 27.9 Å². The Morgan fingerprint density at radius 2 is 1.64 bits per heavy atom. The Hall–Kier alpha value is -4.21. The molecular weight excluding hydrogens is 622 g/mol. The van der Waals surface area contributed by atoms with Crippen molar-refractivity contribution < 1.29 is 33.4 Å². The highest BCUT2D eigenvalue weighted by Gasteiger charge is 2.76. The van der Waals surface area contributed by atoms with Gasteiger partial charge in [-0.1, -0.05) is 48.0 Å². The molecule has 0 unspecified atom stereocenters. The predicted molar refractivity (Wildman–Crippen MR) is 163 cm³/mol. The number of likely N-dealkylation sites (tertiary alicyclic amines) is 1. The Balaban J connectivity index is 1.37. The minimum Gasteiger partial charge on any atom is -0.504 e. The number of fused-ring (bicyclic) bond motifs is 4. The number of aromatic hydroxyl groups is 1. The Bertz CT molecular complexity index is 1800. The topological polar surface area (TPSA) is 104 Å². The molecular formula is C34H27Cl2FN2O6. The highest BCUT2D eigenvalue weighted by molar-refractivity contribution is 6.58. The van der Waals surface area contributed by atoms with Crippen LogP contribution in [0.3, 0.4) is 0 Å².